The van der Waals surface area contributed by atoms with Gasteiger partial charge in [0.2, 0.25) is 5.91 Å². The van der Waals surface area contributed by atoms with E-state index in [9.17, 15) is 25.2 Å². The van der Waals surface area contributed by atoms with E-state index in [0.717, 1.165) is 0 Å². The number of aliphatic hydroxyl groups is 5. The van der Waals surface area contributed by atoms with Crippen molar-refractivity contribution in [3.63, 3.8) is 0 Å². The maximum atomic E-state index is 12.0. The molecule has 0 aliphatic carbocycles. The third kappa shape index (κ3) is 6.42. The molecule has 0 saturated carbocycles. The SMILES string of the molecule is CN(CC(O)C(O)C(O)C(O)CO)C(=O)CCOc1ccccc1. The number of benzene rings is 1. The normalized spacial score (nSPS) is 16.1. The molecule has 0 saturated heterocycles. The van der Waals surface area contributed by atoms with E-state index >= 15 is 0 Å². The zero-order chi connectivity index (χ0) is 18.1. The lowest BCUT2D eigenvalue weighted by Gasteiger charge is -2.28. The Balaban J connectivity index is 2.37. The van der Waals surface area contributed by atoms with E-state index in [4.69, 9.17) is 9.84 Å². The molecule has 1 aromatic rings. The molecule has 0 spiro atoms. The Morgan fingerprint density at radius 1 is 1.08 bits per heavy atom. The van der Waals surface area contributed by atoms with Crippen LogP contribution in [0.15, 0.2) is 30.3 Å². The van der Waals surface area contributed by atoms with Crippen molar-refractivity contribution in [2.24, 2.45) is 0 Å². The van der Waals surface area contributed by atoms with Crippen molar-refractivity contribution in [1.29, 1.82) is 0 Å². The van der Waals surface area contributed by atoms with Gasteiger partial charge in [-0.25, -0.2) is 0 Å². The number of para-hydroxylation sites is 1. The number of nitrogens with zero attached hydrogens (tertiary/aromatic N) is 1. The van der Waals surface area contributed by atoms with Crippen molar-refractivity contribution >= 4 is 5.91 Å². The number of hydrogen-bond acceptors (Lipinski definition) is 7. The van der Waals surface area contributed by atoms with Gasteiger partial charge in [-0.2, -0.15) is 0 Å². The zero-order valence-corrected chi connectivity index (χ0v) is 13.5. The van der Waals surface area contributed by atoms with Crippen molar-refractivity contribution in [1.82, 2.24) is 4.90 Å². The second kappa shape index (κ2) is 10.2. The minimum Gasteiger partial charge on any atom is -0.493 e. The van der Waals surface area contributed by atoms with E-state index in [1.54, 1.807) is 12.1 Å². The maximum absolute atomic E-state index is 12.0. The average Bonchev–Trinajstić information content (AvgIpc) is 2.60. The van der Waals surface area contributed by atoms with Crippen LogP contribution < -0.4 is 4.74 Å². The van der Waals surface area contributed by atoms with Gasteiger partial charge in [-0.3, -0.25) is 4.79 Å². The molecule has 0 fully saturated rings. The predicted molar refractivity (Wildman–Crippen MR) is 85.3 cm³/mol. The highest BCUT2D eigenvalue weighted by molar-refractivity contribution is 5.76. The topological polar surface area (TPSA) is 131 Å². The maximum Gasteiger partial charge on any atom is 0.225 e. The number of carbonyl (C=O) groups is 1. The molecule has 8 nitrogen and oxygen atoms in total. The molecule has 0 aliphatic heterocycles. The van der Waals surface area contributed by atoms with Crippen molar-refractivity contribution < 1.29 is 35.1 Å². The number of amides is 1. The Labute approximate surface area is 140 Å². The molecule has 136 valence electrons. The summed E-state index contributed by atoms with van der Waals surface area (Å²) in [5, 5.41) is 47.0. The Morgan fingerprint density at radius 3 is 2.25 bits per heavy atom. The van der Waals surface area contributed by atoms with E-state index in [-0.39, 0.29) is 25.5 Å². The minimum atomic E-state index is -1.71. The summed E-state index contributed by atoms with van der Waals surface area (Å²) in [4.78, 5) is 13.1. The number of carbonyl (C=O) groups excluding carboxylic acids is 1. The fraction of sp³-hybridized carbons (Fsp3) is 0.562. The van der Waals surface area contributed by atoms with E-state index in [2.05, 4.69) is 0 Å². The molecule has 0 bridgehead atoms. The molecule has 24 heavy (non-hydrogen) atoms. The molecule has 1 aromatic carbocycles. The molecule has 5 N–H and O–H groups in total. The lowest BCUT2D eigenvalue weighted by molar-refractivity contribution is -0.138. The summed E-state index contributed by atoms with van der Waals surface area (Å²) in [6, 6.07) is 9.01. The number of ether oxygens (including phenoxy) is 1. The first kappa shape index (κ1) is 20.3. The molecule has 1 rings (SSSR count). The summed E-state index contributed by atoms with van der Waals surface area (Å²) >= 11 is 0. The van der Waals surface area contributed by atoms with Crippen molar-refractivity contribution in [2.45, 2.75) is 30.8 Å². The van der Waals surface area contributed by atoms with Gasteiger partial charge in [-0.05, 0) is 12.1 Å². The van der Waals surface area contributed by atoms with Gasteiger partial charge in [0, 0.05) is 13.6 Å². The van der Waals surface area contributed by atoms with Gasteiger partial charge in [0.1, 0.15) is 30.2 Å². The van der Waals surface area contributed by atoms with Crippen LogP contribution in [0, 0.1) is 0 Å². The van der Waals surface area contributed by atoms with Crippen LogP contribution in [0.25, 0.3) is 0 Å². The highest BCUT2D eigenvalue weighted by Crippen LogP contribution is 2.10. The van der Waals surface area contributed by atoms with E-state index in [0.29, 0.717) is 5.75 Å². The molecule has 0 aromatic heterocycles. The minimum absolute atomic E-state index is 0.0794. The number of aliphatic hydroxyl groups excluding tert-OH is 5. The molecule has 0 radical (unpaired) electrons. The average molecular weight is 343 g/mol. The van der Waals surface area contributed by atoms with Crippen LogP contribution in [-0.2, 0) is 4.79 Å². The van der Waals surface area contributed by atoms with Gasteiger partial charge in [0.25, 0.3) is 0 Å². The summed E-state index contributed by atoms with van der Waals surface area (Å²) in [7, 11) is 1.44. The fourth-order valence-corrected chi connectivity index (χ4v) is 2.02. The Hall–Kier alpha value is -1.71. The summed E-state index contributed by atoms with van der Waals surface area (Å²) in [6.45, 7) is -0.825. The van der Waals surface area contributed by atoms with Gasteiger partial charge in [0.05, 0.1) is 19.6 Å². The quantitative estimate of drug-likeness (QED) is 0.344. The molecular weight excluding hydrogens is 318 g/mol. The van der Waals surface area contributed by atoms with Gasteiger partial charge in [-0.1, -0.05) is 18.2 Å². The first-order valence-corrected chi connectivity index (χ1v) is 7.61. The third-order valence-corrected chi connectivity index (χ3v) is 3.54. The second-order valence-electron chi connectivity index (χ2n) is 5.48. The summed E-state index contributed by atoms with van der Waals surface area (Å²) in [5.41, 5.74) is 0. The zero-order valence-electron chi connectivity index (χ0n) is 13.5. The number of rotatable bonds is 10. The Bertz CT molecular complexity index is 485. The van der Waals surface area contributed by atoms with E-state index in [1.165, 1.54) is 11.9 Å². The van der Waals surface area contributed by atoms with Crippen molar-refractivity contribution in [3.05, 3.63) is 30.3 Å². The summed E-state index contributed by atoms with van der Waals surface area (Å²) in [6.07, 6.45) is -6.37. The predicted octanol–water partition coefficient (Wildman–Crippen LogP) is -1.65. The molecule has 0 heterocycles. The van der Waals surface area contributed by atoms with Crippen LogP contribution in [-0.4, -0.2) is 87.6 Å². The molecule has 8 heteroatoms. The lowest BCUT2D eigenvalue weighted by atomic mass is 10.0. The largest absolute Gasteiger partial charge is 0.493 e. The number of hydrogen-bond donors (Lipinski definition) is 5. The van der Waals surface area contributed by atoms with E-state index < -0.39 is 31.0 Å². The van der Waals surface area contributed by atoms with E-state index in [1.807, 2.05) is 18.2 Å². The van der Waals surface area contributed by atoms with Gasteiger partial charge in [-0.15, -0.1) is 0 Å². The fourth-order valence-electron chi connectivity index (χ4n) is 2.02. The molecular formula is C16H25NO7. The van der Waals surface area contributed by atoms with Crippen molar-refractivity contribution in [2.75, 3.05) is 26.8 Å². The van der Waals surface area contributed by atoms with Crippen LogP contribution in [0.1, 0.15) is 6.42 Å². The van der Waals surface area contributed by atoms with Crippen LogP contribution >= 0.6 is 0 Å². The lowest BCUT2D eigenvalue weighted by Crippen LogP contribution is -2.50. The summed E-state index contributed by atoms with van der Waals surface area (Å²) in [5.74, 6) is 0.332. The van der Waals surface area contributed by atoms with Gasteiger partial charge < -0.3 is 35.2 Å². The van der Waals surface area contributed by atoms with Gasteiger partial charge >= 0.3 is 0 Å². The number of likely N-dealkylation sites (N-methyl/N-ethyl adjacent to an activating group) is 1. The molecule has 4 unspecified atom stereocenters. The highest BCUT2D eigenvalue weighted by Gasteiger charge is 2.31. The molecule has 0 aliphatic rings. The smallest absolute Gasteiger partial charge is 0.225 e. The standard InChI is InChI=1S/C16H25NO7/c1-17(9-12(19)15(22)16(23)13(20)10-18)14(21)7-8-24-11-5-3-2-4-6-11/h2-6,12-13,15-16,18-20,22-23H,7-10H2,1H3. The highest BCUT2D eigenvalue weighted by atomic mass is 16.5. The molecule has 1 amide bonds. The van der Waals surface area contributed by atoms with Gasteiger partial charge in [0.15, 0.2) is 0 Å². The molecule has 4 atom stereocenters. The Kier molecular flexibility index (Phi) is 8.66. The summed E-state index contributed by atoms with van der Waals surface area (Å²) < 4.78 is 5.40. The third-order valence-electron chi connectivity index (χ3n) is 3.54. The Morgan fingerprint density at radius 2 is 1.67 bits per heavy atom. The van der Waals surface area contributed by atoms with Crippen LogP contribution in [0.3, 0.4) is 0 Å². The first-order chi connectivity index (χ1) is 11.4. The monoisotopic (exact) mass is 343 g/mol. The second-order valence-corrected chi connectivity index (χ2v) is 5.48. The van der Waals surface area contributed by atoms with Crippen LogP contribution in [0.2, 0.25) is 0 Å². The van der Waals surface area contributed by atoms with Crippen LogP contribution in [0.4, 0.5) is 0 Å². The van der Waals surface area contributed by atoms with Crippen molar-refractivity contribution in [3.8, 4) is 5.75 Å². The van der Waals surface area contributed by atoms with Crippen LogP contribution in [0.5, 0.6) is 5.75 Å². The first-order valence-electron chi connectivity index (χ1n) is 7.61.